The maximum atomic E-state index is 12.2. The summed E-state index contributed by atoms with van der Waals surface area (Å²) in [5, 5.41) is 4.48. The number of aromatic nitrogens is 1. The van der Waals surface area contributed by atoms with Gasteiger partial charge in [-0.15, -0.1) is 0 Å². The van der Waals surface area contributed by atoms with Crippen LogP contribution >= 0.6 is 0 Å². The summed E-state index contributed by atoms with van der Waals surface area (Å²) in [6.07, 6.45) is 1.59. The van der Waals surface area contributed by atoms with Gasteiger partial charge in [0.05, 0.1) is 18.4 Å². The van der Waals surface area contributed by atoms with E-state index < -0.39 is 24.5 Å². The molecule has 2 heterocycles. The van der Waals surface area contributed by atoms with Gasteiger partial charge < -0.3 is 19.0 Å². The number of furan rings is 1. The number of imide groups is 1. The minimum absolute atomic E-state index is 0.370. The average Bonchev–Trinajstić information content (AvgIpc) is 3.16. The van der Waals surface area contributed by atoms with E-state index in [1.165, 1.54) is 0 Å². The van der Waals surface area contributed by atoms with Crippen molar-refractivity contribution >= 4 is 17.9 Å². The summed E-state index contributed by atoms with van der Waals surface area (Å²) in [4.78, 5) is 35.0. The second kappa shape index (κ2) is 8.18. The summed E-state index contributed by atoms with van der Waals surface area (Å²) in [5.74, 6) is -0.545. The lowest BCUT2D eigenvalue weighted by atomic mass is 10.2. The predicted molar refractivity (Wildman–Crippen MR) is 89.2 cm³/mol. The standard InChI is InChI=1S/C17H21N3O5/c1-4-18-17(23)19-15(21)10-25-16(22)14-8-11(2)20(12(14)3)9-13-6-5-7-24-13/h5-8H,4,9-10H2,1-3H3,(H2,18,19,21,23). The molecule has 2 aromatic rings. The zero-order chi connectivity index (χ0) is 18.4. The Balaban J connectivity index is 1.98. The predicted octanol–water partition coefficient (Wildman–Crippen LogP) is 1.75. The van der Waals surface area contributed by atoms with E-state index in [-0.39, 0.29) is 0 Å². The Morgan fingerprint density at radius 1 is 1.28 bits per heavy atom. The van der Waals surface area contributed by atoms with E-state index in [0.29, 0.717) is 24.3 Å². The van der Waals surface area contributed by atoms with Crippen LogP contribution in [0.3, 0.4) is 0 Å². The van der Waals surface area contributed by atoms with Gasteiger partial charge in [0.2, 0.25) is 0 Å². The van der Waals surface area contributed by atoms with Gasteiger partial charge in [-0.25, -0.2) is 9.59 Å². The molecule has 0 aliphatic heterocycles. The Morgan fingerprint density at radius 3 is 2.68 bits per heavy atom. The Bertz CT molecular complexity index is 762. The summed E-state index contributed by atoms with van der Waals surface area (Å²) in [6, 6.07) is 4.72. The molecule has 0 unspecified atom stereocenters. The number of hydrogen-bond acceptors (Lipinski definition) is 5. The van der Waals surface area contributed by atoms with Crippen LogP contribution in [0.4, 0.5) is 4.79 Å². The van der Waals surface area contributed by atoms with E-state index in [0.717, 1.165) is 11.5 Å². The number of carbonyl (C=O) groups excluding carboxylic acids is 3. The Hall–Kier alpha value is -3.03. The van der Waals surface area contributed by atoms with E-state index >= 15 is 0 Å². The number of esters is 1. The second-order valence-electron chi connectivity index (χ2n) is 5.43. The molecule has 134 valence electrons. The van der Waals surface area contributed by atoms with E-state index in [1.807, 2.05) is 17.6 Å². The quantitative estimate of drug-likeness (QED) is 0.775. The van der Waals surface area contributed by atoms with Crippen molar-refractivity contribution in [3.05, 3.63) is 47.2 Å². The van der Waals surface area contributed by atoms with Crippen LogP contribution in [-0.4, -0.2) is 35.6 Å². The third-order valence-electron chi connectivity index (χ3n) is 3.61. The van der Waals surface area contributed by atoms with Crippen LogP contribution in [-0.2, 0) is 16.1 Å². The fraction of sp³-hybridized carbons (Fsp3) is 0.353. The van der Waals surface area contributed by atoms with Gasteiger partial charge in [-0.05, 0) is 39.0 Å². The minimum atomic E-state index is -0.691. The topological polar surface area (TPSA) is 103 Å². The normalized spacial score (nSPS) is 10.4. The molecule has 3 amide bonds. The van der Waals surface area contributed by atoms with Crippen molar-refractivity contribution in [1.82, 2.24) is 15.2 Å². The summed E-state index contributed by atoms with van der Waals surface area (Å²) in [5.41, 5.74) is 1.95. The molecular weight excluding hydrogens is 326 g/mol. The SMILES string of the molecule is CCNC(=O)NC(=O)COC(=O)c1cc(C)n(Cc2ccco2)c1C. The second-order valence-corrected chi connectivity index (χ2v) is 5.43. The van der Waals surface area contributed by atoms with E-state index in [2.05, 4.69) is 10.6 Å². The number of amides is 3. The summed E-state index contributed by atoms with van der Waals surface area (Å²) < 4.78 is 12.2. The molecular formula is C17H21N3O5. The Morgan fingerprint density at radius 2 is 2.04 bits per heavy atom. The highest BCUT2D eigenvalue weighted by Gasteiger charge is 2.19. The fourth-order valence-electron chi connectivity index (χ4n) is 2.39. The molecule has 0 aliphatic rings. The molecule has 0 fully saturated rings. The third kappa shape index (κ3) is 4.72. The van der Waals surface area contributed by atoms with Crippen molar-refractivity contribution in [3.8, 4) is 0 Å². The summed E-state index contributed by atoms with van der Waals surface area (Å²) >= 11 is 0. The smallest absolute Gasteiger partial charge is 0.340 e. The Labute approximate surface area is 145 Å². The molecule has 2 aromatic heterocycles. The zero-order valence-electron chi connectivity index (χ0n) is 14.4. The number of carbonyl (C=O) groups is 3. The largest absolute Gasteiger partial charge is 0.467 e. The first-order valence-electron chi connectivity index (χ1n) is 7.86. The monoisotopic (exact) mass is 347 g/mol. The highest BCUT2D eigenvalue weighted by molar-refractivity contribution is 5.97. The van der Waals surface area contributed by atoms with Gasteiger partial charge in [0.25, 0.3) is 5.91 Å². The van der Waals surface area contributed by atoms with Crippen LogP contribution in [0, 0.1) is 13.8 Å². The van der Waals surface area contributed by atoms with Crippen molar-refractivity contribution in [3.63, 3.8) is 0 Å². The van der Waals surface area contributed by atoms with Gasteiger partial charge in [-0.2, -0.15) is 0 Å². The van der Waals surface area contributed by atoms with Crippen molar-refractivity contribution in [2.75, 3.05) is 13.2 Å². The summed E-state index contributed by atoms with van der Waals surface area (Å²) in [7, 11) is 0. The molecule has 0 aliphatic carbocycles. The first-order chi connectivity index (χ1) is 11.9. The van der Waals surface area contributed by atoms with Gasteiger partial charge >= 0.3 is 12.0 Å². The Kier molecular flexibility index (Phi) is 5.99. The lowest BCUT2D eigenvalue weighted by molar-refractivity contribution is -0.123. The molecule has 8 nitrogen and oxygen atoms in total. The minimum Gasteiger partial charge on any atom is -0.467 e. The van der Waals surface area contributed by atoms with Crippen LogP contribution in [0.15, 0.2) is 28.9 Å². The lowest BCUT2D eigenvalue weighted by Crippen LogP contribution is -2.41. The molecule has 25 heavy (non-hydrogen) atoms. The van der Waals surface area contributed by atoms with E-state index in [4.69, 9.17) is 9.15 Å². The third-order valence-corrected chi connectivity index (χ3v) is 3.61. The number of hydrogen-bond donors (Lipinski definition) is 2. The number of rotatable bonds is 6. The maximum Gasteiger partial charge on any atom is 0.340 e. The van der Waals surface area contributed by atoms with Gasteiger partial charge in [-0.1, -0.05) is 0 Å². The van der Waals surface area contributed by atoms with E-state index in [9.17, 15) is 14.4 Å². The molecule has 0 saturated heterocycles. The molecule has 0 radical (unpaired) electrons. The van der Waals surface area contributed by atoms with E-state index in [1.54, 1.807) is 32.2 Å². The van der Waals surface area contributed by atoms with Gasteiger partial charge in [0.15, 0.2) is 6.61 Å². The van der Waals surface area contributed by atoms with Crippen molar-refractivity contribution in [1.29, 1.82) is 0 Å². The molecule has 2 rings (SSSR count). The van der Waals surface area contributed by atoms with Crippen molar-refractivity contribution < 1.29 is 23.5 Å². The molecule has 0 atom stereocenters. The molecule has 0 saturated carbocycles. The van der Waals surface area contributed by atoms with Crippen LogP contribution in [0.1, 0.15) is 34.4 Å². The number of aryl methyl sites for hydroxylation is 1. The number of ether oxygens (including phenoxy) is 1. The number of nitrogens with zero attached hydrogens (tertiary/aromatic N) is 1. The van der Waals surface area contributed by atoms with Gasteiger partial charge in [-0.3, -0.25) is 10.1 Å². The molecule has 0 aromatic carbocycles. The number of nitrogens with one attached hydrogen (secondary N) is 2. The van der Waals surface area contributed by atoms with Gasteiger partial charge in [0.1, 0.15) is 5.76 Å². The fourth-order valence-corrected chi connectivity index (χ4v) is 2.39. The average molecular weight is 347 g/mol. The molecule has 0 spiro atoms. The van der Waals surface area contributed by atoms with Crippen molar-refractivity contribution in [2.24, 2.45) is 0 Å². The highest BCUT2D eigenvalue weighted by Crippen LogP contribution is 2.18. The molecule has 0 bridgehead atoms. The van der Waals surface area contributed by atoms with Crippen LogP contribution in [0.2, 0.25) is 0 Å². The van der Waals surface area contributed by atoms with Crippen LogP contribution in [0.25, 0.3) is 0 Å². The van der Waals surface area contributed by atoms with Crippen LogP contribution in [0.5, 0.6) is 0 Å². The molecule has 2 N–H and O–H groups in total. The molecule has 8 heteroatoms. The number of urea groups is 1. The zero-order valence-corrected chi connectivity index (χ0v) is 14.4. The highest BCUT2D eigenvalue weighted by atomic mass is 16.5. The van der Waals surface area contributed by atoms with Gasteiger partial charge in [0, 0.05) is 17.9 Å². The first-order valence-corrected chi connectivity index (χ1v) is 7.86. The maximum absolute atomic E-state index is 12.2. The van der Waals surface area contributed by atoms with Crippen molar-refractivity contribution in [2.45, 2.75) is 27.3 Å². The first kappa shape index (κ1) is 18.3. The lowest BCUT2D eigenvalue weighted by Gasteiger charge is -2.08. The van der Waals surface area contributed by atoms with Crippen LogP contribution < -0.4 is 10.6 Å². The summed E-state index contributed by atoms with van der Waals surface area (Å²) in [6.45, 7) is 5.74.